The fourth-order valence-corrected chi connectivity index (χ4v) is 2.92. The topological polar surface area (TPSA) is 38.0 Å². The molecule has 1 heterocycles. The molecule has 1 N–H and O–H groups in total. The molecule has 16 heavy (non-hydrogen) atoms. The van der Waals surface area contributed by atoms with Gasteiger partial charge in [-0.25, -0.2) is 0 Å². The van der Waals surface area contributed by atoms with E-state index in [1.807, 2.05) is 17.1 Å². The molecule has 1 fully saturated rings. The standard InChI is InChI=1S/C13H22N2O/c1-3-8-15-10-12(9-14-15)13(16)7-5-6-11(13)4-2/h9-11,16H,3-8H2,1-2H3. The van der Waals surface area contributed by atoms with Gasteiger partial charge in [-0.2, -0.15) is 5.10 Å². The Bertz CT molecular complexity index is 347. The molecule has 0 spiro atoms. The summed E-state index contributed by atoms with van der Waals surface area (Å²) in [6.07, 6.45) is 9.18. The van der Waals surface area contributed by atoms with Gasteiger partial charge in [-0.3, -0.25) is 4.68 Å². The van der Waals surface area contributed by atoms with Crippen LogP contribution in [0, 0.1) is 5.92 Å². The molecular weight excluding hydrogens is 200 g/mol. The third kappa shape index (κ3) is 1.88. The molecule has 0 saturated heterocycles. The summed E-state index contributed by atoms with van der Waals surface area (Å²) in [5.74, 6) is 0.409. The fraction of sp³-hybridized carbons (Fsp3) is 0.769. The van der Waals surface area contributed by atoms with E-state index < -0.39 is 5.60 Å². The van der Waals surface area contributed by atoms with Gasteiger partial charge < -0.3 is 5.11 Å². The number of hydrogen-bond donors (Lipinski definition) is 1. The molecule has 2 unspecified atom stereocenters. The van der Waals surface area contributed by atoms with E-state index in [0.717, 1.165) is 44.2 Å². The van der Waals surface area contributed by atoms with Gasteiger partial charge in [0.15, 0.2) is 0 Å². The summed E-state index contributed by atoms with van der Waals surface area (Å²) in [4.78, 5) is 0. The highest BCUT2D eigenvalue weighted by molar-refractivity contribution is 5.18. The van der Waals surface area contributed by atoms with Crippen LogP contribution < -0.4 is 0 Å². The zero-order valence-electron chi connectivity index (χ0n) is 10.3. The average molecular weight is 222 g/mol. The summed E-state index contributed by atoms with van der Waals surface area (Å²) in [7, 11) is 0. The molecule has 0 radical (unpaired) electrons. The molecule has 0 aromatic carbocycles. The third-order valence-corrected chi connectivity index (χ3v) is 3.86. The smallest absolute Gasteiger partial charge is 0.0954 e. The monoisotopic (exact) mass is 222 g/mol. The molecule has 1 aromatic rings. The first kappa shape index (κ1) is 11.6. The second-order valence-electron chi connectivity index (χ2n) is 4.91. The fourth-order valence-electron chi connectivity index (χ4n) is 2.92. The highest BCUT2D eigenvalue weighted by Crippen LogP contribution is 2.44. The van der Waals surface area contributed by atoms with Gasteiger partial charge in [0.05, 0.1) is 11.8 Å². The average Bonchev–Trinajstić information content (AvgIpc) is 2.86. The Kier molecular flexibility index (Phi) is 3.33. The van der Waals surface area contributed by atoms with Crippen LogP contribution in [0.25, 0.3) is 0 Å². The zero-order valence-corrected chi connectivity index (χ0v) is 10.3. The first-order valence-corrected chi connectivity index (χ1v) is 6.46. The van der Waals surface area contributed by atoms with Gasteiger partial charge in [0, 0.05) is 18.3 Å². The molecule has 1 aromatic heterocycles. The molecular formula is C13H22N2O. The first-order chi connectivity index (χ1) is 7.70. The lowest BCUT2D eigenvalue weighted by Gasteiger charge is -2.28. The van der Waals surface area contributed by atoms with Gasteiger partial charge in [-0.05, 0) is 31.6 Å². The largest absolute Gasteiger partial charge is 0.385 e. The van der Waals surface area contributed by atoms with Crippen molar-refractivity contribution in [2.24, 2.45) is 5.92 Å². The summed E-state index contributed by atoms with van der Waals surface area (Å²) in [6.45, 7) is 5.24. The van der Waals surface area contributed by atoms with Crippen LogP contribution in [0.4, 0.5) is 0 Å². The van der Waals surface area contributed by atoms with Crippen molar-refractivity contribution < 1.29 is 5.11 Å². The third-order valence-electron chi connectivity index (χ3n) is 3.86. The minimum atomic E-state index is -0.610. The quantitative estimate of drug-likeness (QED) is 0.850. The first-order valence-electron chi connectivity index (χ1n) is 6.46. The summed E-state index contributed by atoms with van der Waals surface area (Å²) in [6, 6.07) is 0. The van der Waals surface area contributed by atoms with Gasteiger partial charge in [0.2, 0.25) is 0 Å². The normalized spacial score (nSPS) is 29.8. The van der Waals surface area contributed by atoms with E-state index in [1.54, 1.807) is 0 Å². The molecule has 0 aliphatic heterocycles. The minimum Gasteiger partial charge on any atom is -0.385 e. The van der Waals surface area contributed by atoms with E-state index >= 15 is 0 Å². The Morgan fingerprint density at radius 1 is 1.56 bits per heavy atom. The van der Waals surface area contributed by atoms with Crippen LogP contribution in [0.2, 0.25) is 0 Å². The molecule has 1 saturated carbocycles. The Labute approximate surface area is 97.5 Å². The summed E-state index contributed by atoms with van der Waals surface area (Å²) in [5.41, 5.74) is 0.408. The lowest BCUT2D eigenvalue weighted by Crippen LogP contribution is -2.29. The Morgan fingerprint density at radius 3 is 3.06 bits per heavy atom. The summed E-state index contributed by atoms with van der Waals surface area (Å²) in [5, 5.41) is 15.1. The van der Waals surface area contributed by atoms with Gasteiger partial charge in [0.25, 0.3) is 0 Å². The van der Waals surface area contributed by atoms with Crippen molar-refractivity contribution in [2.45, 2.75) is 58.1 Å². The lowest BCUT2D eigenvalue weighted by atomic mass is 9.84. The molecule has 3 nitrogen and oxygen atoms in total. The predicted molar refractivity (Wildman–Crippen MR) is 64.0 cm³/mol. The van der Waals surface area contributed by atoms with Crippen LogP contribution in [-0.4, -0.2) is 14.9 Å². The molecule has 90 valence electrons. The van der Waals surface area contributed by atoms with Crippen molar-refractivity contribution in [3.63, 3.8) is 0 Å². The maximum absolute atomic E-state index is 10.8. The van der Waals surface area contributed by atoms with Crippen LogP contribution >= 0.6 is 0 Å². The van der Waals surface area contributed by atoms with Gasteiger partial charge in [-0.15, -0.1) is 0 Å². The van der Waals surface area contributed by atoms with E-state index in [4.69, 9.17) is 0 Å². The van der Waals surface area contributed by atoms with Crippen LogP contribution in [0.3, 0.4) is 0 Å². The van der Waals surface area contributed by atoms with Crippen molar-refractivity contribution in [2.75, 3.05) is 0 Å². The molecule has 3 heteroatoms. The van der Waals surface area contributed by atoms with E-state index in [1.165, 1.54) is 0 Å². The van der Waals surface area contributed by atoms with Crippen LogP contribution in [0.15, 0.2) is 12.4 Å². The SMILES string of the molecule is CCCn1cc(C2(O)CCCC2CC)cn1. The molecule has 0 amide bonds. The van der Waals surface area contributed by atoms with Crippen molar-refractivity contribution in [3.05, 3.63) is 18.0 Å². The number of aromatic nitrogens is 2. The van der Waals surface area contributed by atoms with Crippen LogP contribution in [0.1, 0.15) is 51.5 Å². The van der Waals surface area contributed by atoms with Crippen molar-refractivity contribution in [1.29, 1.82) is 0 Å². The summed E-state index contributed by atoms with van der Waals surface area (Å²) >= 11 is 0. The van der Waals surface area contributed by atoms with E-state index in [0.29, 0.717) is 5.92 Å². The molecule has 2 rings (SSSR count). The number of aryl methyl sites for hydroxylation is 1. The van der Waals surface area contributed by atoms with Crippen molar-refractivity contribution >= 4 is 0 Å². The molecule has 1 aliphatic carbocycles. The minimum absolute atomic E-state index is 0.409. The maximum atomic E-state index is 10.8. The summed E-state index contributed by atoms with van der Waals surface area (Å²) < 4.78 is 1.94. The molecule has 1 aliphatic rings. The number of hydrogen-bond acceptors (Lipinski definition) is 2. The van der Waals surface area contributed by atoms with Crippen molar-refractivity contribution in [1.82, 2.24) is 9.78 Å². The van der Waals surface area contributed by atoms with E-state index in [-0.39, 0.29) is 0 Å². The lowest BCUT2D eigenvalue weighted by molar-refractivity contribution is -0.00395. The van der Waals surface area contributed by atoms with Gasteiger partial charge >= 0.3 is 0 Å². The highest BCUT2D eigenvalue weighted by Gasteiger charge is 2.42. The maximum Gasteiger partial charge on any atom is 0.0954 e. The second-order valence-corrected chi connectivity index (χ2v) is 4.91. The van der Waals surface area contributed by atoms with Gasteiger partial charge in [-0.1, -0.05) is 20.3 Å². The van der Waals surface area contributed by atoms with E-state index in [9.17, 15) is 5.11 Å². The highest BCUT2D eigenvalue weighted by atomic mass is 16.3. The van der Waals surface area contributed by atoms with Gasteiger partial charge in [0.1, 0.15) is 0 Å². The number of nitrogens with zero attached hydrogens (tertiary/aromatic N) is 2. The Hall–Kier alpha value is -0.830. The Morgan fingerprint density at radius 2 is 2.38 bits per heavy atom. The van der Waals surface area contributed by atoms with Crippen molar-refractivity contribution in [3.8, 4) is 0 Å². The van der Waals surface area contributed by atoms with E-state index in [2.05, 4.69) is 18.9 Å². The molecule has 0 bridgehead atoms. The van der Waals surface area contributed by atoms with Crippen LogP contribution in [0.5, 0.6) is 0 Å². The second kappa shape index (κ2) is 4.58. The zero-order chi connectivity index (χ0) is 11.6. The predicted octanol–water partition coefficient (Wildman–Crippen LogP) is 2.69. The molecule has 2 atom stereocenters. The number of rotatable bonds is 4. The van der Waals surface area contributed by atoms with Crippen LogP contribution in [-0.2, 0) is 12.1 Å². The Balaban J connectivity index is 2.21. The number of aliphatic hydroxyl groups is 1.